The van der Waals surface area contributed by atoms with Crippen molar-refractivity contribution in [2.45, 2.75) is 34.1 Å². The van der Waals surface area contributed by atoms with Gasteiger partial charge in [-0.2, -0.15) is 0 Å². The first-order chi connectivity index (χ1) is 41.7. The van der Waals surface area contributed by atoms with Gasteiger partial charge in [0.05, 0.1) is 0 Å². The van der Waals surface area contributed by atoms with Crippen molar-refractivity contribution in [1.29, 1.82) is 0 Å². The molecule has 15 aromatic carbocycles. The second-order valence-corrected chi connectivity index (χ2v) is 21.3. The number of furan rings is 1. The van der Waals surface area contributed by atoms with E-state index >= 15 is 0 Å². The Kier molecular flexibility index (Phi) is 13.7. The van der Waals surface area contributed by atoms with Crippen LogP contribution in [-0.2, 0) is 6.42 Å². The molecule has 0 amide bonds. The van der Waals surface area contributed by atoms with Gasteiger partial charge in [-0.15, -0.1) is 0 Å². The molecule has 0 fully saturated rings. The van der Waals surface area contributed by atoms with E-state index in [1.165, 1.54) is 153 Å². The number of rotatable bonds is 5. The van der Waals surface area contributed by atoms with Crippen LogP contribution in [0.2, 0.25) is 0 Å². The molecule has 0 saturated heterocycles. The van der Waals surface area contributed by atoms with Crippen LogP contribution < -0.4 is 0 Å². The first-order valence-corrected chi connectivity index (χ1v) is 29.8. The lowest BCUT2D eigenvalue weighted by atomic mass is 9.84. The zero-order valence-corrected chi connectivity index (χ0v) is 47.8. The van der Waals surface area contributed by atoms with Crippen LogP contribution in [0.4, 0.5) is 0 Å². The molecule has 0 bridgehead atoms. The molecule has 1 aliphatic rings. The van der Waals surface area contributed by atoms with Gasteiger partial charge in [-0.05, 0) is 178 Å². The summed E-state index contributed by atoms with van der Waals surface area (Å²) < 4.78 is 6.13. The monoisotopic (exact) mass is 1070 g/mol. The molecule has 1 aliphatic carbocycles. The Morgan fingerprint density at radius 1 is 0.250 bits per heavy atom. The number of benzene rings is 15. The standard InChI is InChI=1S/C44H28.C35H22O.2C2H6/c1-2-13-30-26-34(25-24-29(30)12-1)44-40-22-9-7-20-38(40)43(39-21-8-10-23-41(39)44)33-16-11-15-31(27-33)42-28-32-14-3-4-17-35(32)36-18-5-6-19-37(36)42;1-2-9-23-20-24(17-16-22(23)8-1)34-27-10-3-5-12-29(27)35(30-13-6-4-11-28(30)34)25-18-19-33-31(21-25)26-14-7-15-32(26)36-33;2*1-2/h1-28H;1-14,16-21H,15H2;2*1-2H3. The Morgan fingerprint density at radius 2 is 0.619 bits per heavy atom. The molecule has 0 saturated carbocycles. The highest BCUT2D eigenvalue weighted by Gasteiger charge is 2.21. The summed E-state index contributed by atoms with van der Waals surface area (Å²) in [4.78, 5) is 0. The van der Waals surface area contributed by atoms with Crippen molar-refractivity contribution in [3.8, 4) is 55.6 Å². The minimum atomic E-state index is 0.881. The zero-order valence-electron chi connectivity index (χ0n) is 47.8. The maximum absolute atomic E-state index is 6.13. The van der Waals surface area contributed by atoms with Crippen molar-refractivity contribution in [3.63, 3.8) is 0 Å². The van der Waals surface area contributed by atoms with Crippen LogP contribution in [0.5, 0.6) is 0 Å². The molecular formula is C83H62O. The fourth-order valence-electron chi connectivity index (χ4n) is 13.3. The van der Waals surface area contributed by atoms with E-state index in [0.29, 0.717) is 0 Å². The summed E-state index contributed by atoms with van der Waals surface area (Å²) in [6.45, 7) is 8.00. The van der Waals surface area contributed by atoms with Crippen LogP contribution >= 0.6 is 0 Å². The Hall–Kier alpha value is -10.3. The van der Waals surface area contributed by atoms with E-state index in [-0.39, 0.29) is 0 Å². The topological polar surface area (TPSA) is 13.1 Å². The quantitative estimate of drug-likeness (QED) is 0.124. The average Bonchev–Trinajstić information content (AvgIpc) is 1.88. The SMILES string of the molecule is C1=Cc2c(oc3ccc(-c4c5ccccc5c(-c5ccc6ccccc6c5)c5ccccc45)cc23)C1.CC.CC.c1cc(-c2c3ccccc3c(-c3ccc4ccccc4c3)c3ccccc23)cc(-c2cc3ccccc3c3ccccc23)c1. The van der Waals surface area contributed by atoms with Crippen LogP contribution in [0.1, 0.15) is 39.0 Å². The summed E-state index contributed by atoms with van der Waals surface area (Å²) in [5.74, 6) is 1.07. The van der Waals surface area contributed by atoms with Crippen molar-refractivity contribution in [2.24, 2.45) is 0 Å². The van der Waals surface area contributed by atoms with E-state index < -0.39 is 0 Å². The normalized spacial score (nSPS) is 11.7. The Morgan fingerprint density at radius 3 is 1.11 bits per heavy atom. The fraction of sp³-hybridized carbons (Fsp3) is 0.0602. The zero-order chi connectivity index (χ0) is 56.7. The molecule has 1 heteroatoms. The predicted octanol–water partition coefficient (Wildman–Crippen LogP) is 24.3. The highest BCUT2D eigenvalue weighted by molar-refractivity contribution is 6.24. The Labute approximate surface area is 491 Å². The number of hydrogen-bond acceptors (Lipinski definition) is 1. The highest BCUT2D eigenvalue weighted by atomic mass is 16.3. The molecule has 84 heavy (non-hydrogen) atoms. The molecule has 1 heterocycles. The summed E-state index contributed by atoms with van der Waals surface area (Å²) in [5.41, 5.74) is 14.8. The lowest BCUT2D eigenvalue weighted by Crippen LogP contribution is -1.91. The first-order valence-electron chi connectivity index (χ1n) is 29.8. The minimum absolute atomic E-state index is 0.881. The largest absolute Gasteiger partial charge is 0.460 e. The molecule has 17 rings (SSSR count). The molecule has 16 aromatic rings. The van der Waals surface area contributed by atoms with Crippen LogP contribution in [0.15, 0.2) is 290 Å². The molecule has 0 aliphatic heterocycles. The van der Waals surface area contributed by atoms with Crippen molar-refractivity contribution in [2.75, 3.05) is 0 Å². The van der Waals surface area contributed by atoms with Gasteiger partial charge in [0.2, 0.25) is 0 Å². The molecule has 0 spiro atoms. The summed E-state index contributed by atoms with van der Waals surface area (Å²) in [5, 5.41) is 21.6. The van der Waals surface area contributed by atoms with E-state index in [2.05, 4.69) is 291 Å². The molecule has 1 aromatic heterocycles. The van der Waals surface area contributed by atoms with Gasteiger partial charge in [0, 0.05) is 17.4 Å². The van der Waals surface area contributed by atoms with E-state index in [9.17, 15) is 0 Å². The molecule has 0 atom stereocenters. The van der Waals surface area contributed by atoms with Gasteiger partial charge in [-0.1, -0.05) is 283 Å². The molecule has 0 unspecified atom stereocenters. The lowest BCUT2D eigenvalue weighted by Gasteiger charge is -2.19. The van der Waals surface area contributed by atoms with E-state index in [0.717, 1.165) is 17.8 Å². The van der Waals surface area contributed by atoms with E-state index in [1.807, 2.05) is 27.7 Å². The van der Waals surface area contributed by atoms with Gasteiger partial charge in [-0.25, -0.2) is 0 Å². The van der Waals surface area contributed by atoms with Crippen LogP contribution in [0.3, 0.4) is 0 Å². The molecule has 0 N–H and O–H groups in total. The maximum atomic E-state index is 6.13. The third-order valence-electron chi connectivity index (χ3n) is 16.8. The molecule has 400 valence electrons. The van der Waals surface area contributed by atoms with E-state index in [4.69, 9.17) is 4.42 Å². The number of hydrogen-bond donors (Lipinski definition) is 0. The second kappa shape index (κ2) is 22.2. The van der Waals surface area contributed by atoms with Crippen molar-refractivity contribution in [1.82, 2.24) is 0 Å². The maximum Gasteiger partial charge on any atom is 0.134 e. The van der Waals surface area contributed by atoms with Crippen LogP contribution in [-0.4, -0.2) is 0 Å². The van der Waals surface area contributed by atoms with Gasteiger partial charge in [0.15, 0.2) is 0 Å². The summed E-state index contributed by atoms with van der Waals surface area (Å²) in [6, 6.07) is 102. The number of fused-ring (bicyclic) bond motifs is 12. The smallest absolute Gasteiger partial charge is 0.134 e. The average molecular weight is 1080 g/mol. The lowest BCUT2D eigenvalue weighted by molar-refractivity contribution is 0.567. The van der Waals surface area contributed by atoms with Gasteiger partial charge >= 0.3 is 0 Å². The predicted molar refractivity (Wildman–Crippen MR) is 365 cm³/mol. The van der Waals surface area contributed by atoms with Crippen molar-refractivity contribution in [3.05, 3.63) is 296 Å². The summed E-state index contributed by atoms with van der Waals surface area (Å²) in [7, 11) is 0. The third-order valence-corrected chi connectivity index (χ3v) is 16.8. The van der Waals surface area contributed by atoms with Gasteiger partial charge in [0.1, 0.15) is 11.3 Å². The van der Waals surface area contributed by atoms with Gasteiger partial charge in [0.25, 0.3) is 0 Å². The second-order valence-electron chi connectivity index (χ2n) is 21.3. The van der Waals surface area contributed by atoms with Crippen molar-refractivity contribution >= 4 is 103 Å². The van der Waals surface area contributed by atoms with E-state index in [1.54, 1.807) is 0 Å². The summed E-state index contributed by atoms with van der Waals surface area (Å²) >= 11 is 0. The van der Waals surface area contributed by atoms with Gasteiger partial charge < -0.3 is 4.42 Å². The van der Waals surface area contributed by atoms with Crippen LogP contribution in [0.25, 0.3) is 159 Å². The first kappa shape index (κ1) is 51.8. The Balaban J connectivity index is 0.000000144. The molecular weight excluding hydrogens is 1010 g/mol. The highest BCUT2D eigenvalue weighted by Crippen LogP contribution is 2.48. The number of allylic oxidation sites excluding steroid dienone is 1. The summed E-state index contributed by atoms with van der Waals surface area (Å²) in [6.07, 6.45) is 5.26. The fourth-order valence-corrected chi connectivity index (χ4v) is 13.3. The van der Waals surface area contributed by atoms with Crippen LogP contribution in [0, 0.1) is 0 Å². The molecule has 1 nitrogen and oxygen atoms in total. The third kappa shape index (κ3) is 8.89. The minimum Gasteiger partial charge on any atom is -0.460 e. The molecule has 0 radical (unpaired) electrons. The Bertz CT molecular complexity index is 5110. The van der Waals surface area contributed by atoms with Crippen molar-refractivity contribution < 1.29 is 4.42 Å². The van der Waals surface area contributed by atoms with Gasteiger partial charge in [-0.3, -0.25) is 0 Å².